The lowest BCUT2D eigenvalue weighted by Crippen LogP contribution is -2.27. The number of anilines is 1. The molecule has 1 aromatic heterocycles. The molecule has 0 aromatic carbocycles. The summed E-state index contributed by atoms with van der Waals surface area (Å²) in [6, 6.07) is 1.52. The van der Waals surface area contributed by atoms with Crippen LogP contribution in [0.3, 0.4) is 0 Å². The van der Waals surface area contributed by atoms with Crippen molar-refractivity contribution in [2.24, 2.45) is 7.05 Å². The van der Waals surface area contributed by atoms with E-state index in [1.807, 2.05) is 0 Å². The Kier molecular flexibility index (Phi) is 6.18. The molecule has 0 unspecified atom stereocenters. The van der Waals surface area contributed by atoms with E-state index in [0.29, 0.717) is 17.8 Å². The number of aliphatic carboxylic acids is 1. The van der Waals surface area contributed by atoms with Gasteiger partial charge >= 0.3 is 12.1 Å². The fourth-order valence-corrected chi connectivity index (χ4v) is 1.81. The Bertz CT molecular complexity index is 586. The first-order chi connectivity index (χ1) is 10.6. The summed E-state index contributed by atoms with van der Waals surface area (Å²) in [5, 5.41) is 13.7. The number of carboxylic acid groups (broad SMARTS) is 1. The van der Waals surface area contributed by atoms with Crippen molar-refractivity contribution < 1.29 is 24.2 Å². The molecule has 1 heterocycles. The first-order valence-corrected chi connectivity index (χ1v) is 7.25. The third-order valence-corrected chi connectivity index (χ3v) is 2.74. The predicted octanol–water partition coefficient (Wildman–Crippen LogP) is 1.97. The van der Waals surface area contributed by atoms with Crippen molar-refractivity contribution in [1.29, 1.82) is 0 Å². The maximum atomic E-state index is 12.0. The van der Waals surface area contributed by atoms with Gasteiger partial charge in [-0.15, -0.1) is 0 Å². The molecule has 128 valence electrons. The van der Waals surface area contributed by atoms with E-state index in [-0.39, 0.29) is 18.9 Å². The summed E-state index contributed by atoms with van der Waals surface area (Å²) in [6.45, 7) is 5.54. The average Bonchev–Trinajstić information content (AvgIpc) is 2.72. The fourth-order valence-electron chi connectivity index (χ4n) is 1.81. The van der Waals surface area contributed by atoms with Gasteiger partial charge in [0.2, 0.25) is 0 Å². The Morgan fingerprint density at radius 2 is 1.96 bits per heavy atom. The summed E-state index contributed by atoms with van der Waals surface area (Å²) in [6.07, 6.45) is 1.35. The molecular weight excluding hydrogens is 302 g/mol. The molecule has 0 atom stereocenters. The number of ether oxygens (including phenoxy) is 1. The molecule has 0 bridgehead atoms. The fraction of sp³-hybridized carbons (Fsp3) is 0.533. The number of nitrogens with zero attached hydrogens (tertiary/aromatic N) is 1. The highest BCUT2D eigenvalue weighted by molar-refractivity contribution is 5.95. The second kappa shape index (κ2) is 7.66. The Hall–Kier alpha value is -2.51. The first-order valence-electron chi connectivity index (χ1n) is 7.25. The Morgan fingerprint density at radius 3 is 2.52 bits per heavy atom. The third kappa shape index (κ3) is 6.86. The van der Waals surface area contributed by atoms with Crippen molar-refractivity contribution >= 4 is 23.7 Å². The van der Waals surface area contributed by atoms with Crippen LogP contribution in [0.1, 0.15) is 44.1 Å². The summed E-state index contributed by atoms with van der Waals surface area (Å²) >= 11 is 0. The van der Waals surface area contributed by atoms with Crippen LogP contribution in [-0.2, 0) is 16.6 Å². The average molecular weight is 325 g/mol. The molecule has 3 N–H and O–H groups in total. The van der Waals surface area contributed by atoms with Gasteiger partial charge in [-0.25, -0.2) is 4.79 Å². The number of amides is 2. The van der Waals surface area contributed by atoms with E-state index < -0.39 is 17.7 Å². The van der Waals surface area contributed by atoms with E-state index in [2.05, 4.69) is 10.6 Å². The monoisotopic (exact) mass is 325 g/mol. The molecule has 2 amide bonds. The summed E-state index contributed by atoms with van der Waals surface area (Å²) in [4.78, 5) is 34.1. The molecule has 1 aromatic rings. The zero-order valence-corrected chi connectivity index (χ0v) is 13.8. The minimum atomic E-state index is -0.901. The van der Waals surface area contributed by atoms with E-state index in [1.54, 1.807) is 38.6 Å². The molecule has 0 fully saturated rings. The molecule has 23 heavy (non-hydrogen) atoms. The summed E-state index contributed by atoms with van der Waals surface area (Å²) in [5.41, 5.74) is 0.187. The molecule has 0 aliphatic carbocycles. The number of carbonyl (C=O) groups excluding carboxylic acids is 2. The van der Waals surface area contributed by atoms with Crippen molar-refractivity contribution in [2.75, 3.05) is 11.9 Å². The molecule has 0 aliphatic heterocycles. The third-order valence-electron chi connectivity index (χ3n) is 2.74. The summed E-state index contributed by atoms with van der Waals surface area (Å²) in [5.74, 6) is -1.24. The number of hydrogen-bond acceptors (Lipinski definition) is 4. The molecule has 0 radical (unpaired) electrons. The smallest absolute Gasteiger partial charge is 0.412 e. The maximum absolute atomic E-state index is 12.0. The molecule has 0 aliphatic rings. The van der Waals surface area contributed by atoms with Gasteiger partial charge in [0.15, 0.2) is 0 Å². The van der Waals surface area contributed by atoms with Crippen LogP contribution in [0.4, 0.5) is 10.5 Å². The zero-order chi connectivity index (χ0) is 17.6. The van der Waals surface area contributed by atoms with Crippen LogP contribution >= 0.6 is 0 Å². The number of aryl methyl sites for hydroxylation is 1. The van der Waals surface area contributed by atoms with E-state index >= 15 is 0 Å². The highest BCUT2D eigenvalue weighted by Crippen LogP contribution is 2.15. The number of carbonyl (C=O) groups is 3. The number of rotatable bonds is 6. The Labute approximate surface area is 134 Å². The molecule has 0 spiro atoms. The summed E-state index contributed by atoms with van der Waals surface area (Å²) in [7, 11) is 1.67. The summed E-state index contributed by atoms with van der Waals surface area (Å²) < 4.78 is 6.71. The maximum Gasteiger partial charge on any atom is 0.412 e. The predicted molar refractivity (Wildman–Crippen MR) is 84.5 cm³/mol. The van der Waals surface area contributed by atoms with Crippen molar-refractivity contribution in [3.8, 4) is 0 Å². The Balaban J connectivity index is 2.58. The molecule has 0 saturated heterocycles. The minimum absolute atomic E-state index is 0.00112. The number of aromatic nitrogens is 1. The van der Waals surface area contributed by atoms with Gasteiger partial charge in [0.1, 0.15) is 11.3 Å². The SMILES string of the molecule is Cn1cc(NC(=O)OC(C)(C)C)cc1C(=O)NCCCC(=O)O. The largest absolute Gasteiger partial charge is 0.481 e. The molecule has 0 saturated carbocycles. The van der Waals surface area contributed by atoms with Crippen LogP contribution in [0.2, 0.25) is 0 Å². The van der Waals surface area contributed by atoms with Crippen LogP contribution in [-0.4, -0.2) is 39.8 Å². The van der Waals surface area contributed by atoms with Crippen molar-refractivity contribution in [3.05, 3.63) is 18.0 Å². The molecule has 1 rings (SSSR count). The van der Waals surface area contributed by atoms with Gasteiger partial charge in [-0.3, -0.25) is 14.9 Å². The van der Waals surface area contributed by atoms with Crippen LogP contribution in [0.5, 0.6) is 0 Å². The van der Waals surface area contributed by atoms with E-state index in [4.69, 9.17) is 9.84 Å². The van der Waals surface area contributed by atoms with Gasteiger partial charge in [-0.1, -0.05) is 0 Å². The van der Waals surface area contributed by atoms with Crippen molar-refractivity contribution in [2.45, 2.75) is 39.2 Å². The van der Waals surface area contributed by atoms with Gasteiger partial charge in [-0.2, -0.15) is 0 Å². The van der Waals surface area contributed by atoms with Crippen LogP contribution in [0.25, 0.3) is 0 Å². The van der Waals surface area contributed by atoms with Crippen LogP contribution in [0.15, 0.2) is 12.3 Å². The lowest BCUT2D eigenvalue weighted by molar-refractivity contribution is -0.137. The number of hydrogen-bond donors (Lipinski definition) is 3. The van der Waals surface area contributed by atoms with Crippen molar-refractivity contribution in [3.63, 3.8) is 0 Å². The van der Waals surface area contributed by atoms with Gasteiger partial charge in [0.25, 0.3) is 5.91 Å². The van der Waals surface area contributed by atoms with Gasteiger partial charge in [0.05, 0.1) is 5.69 Å². The van der Waals surface area contributed by atoms with Gasteiger partial charge in [-0.05, 0) is 33.3 Å². The second-order valence-electron chi connectivity index (χ2n) is 6.11. The highest BCUT2D eigenvalue weighted by atomic mass is 16.6. The lowest BCUT2D eigenvalue weighted by Gasteiger charge is -2.19. The standard InChI is InChI=1S/C15H23N3O5/c1-15(2,3)23-14(22)17-10-8-11(18(4)9-10)13(21)16-7-5-6-12(19)20/h8-9H,5-7H2,1-4H3,(H,16,21)(H,17,22)(H,19,20). The second-order valence-corrected chi connectivity index (χ2v) is 6.11. The Morgan fingerprint density at radius 1 is 1.30 bits per heavy atom. The van der Waals surface area contributed by atoms with Crippen molar-refractivity contribution in [1.82, 2.24) is 9.88 Å². The highest BCUT2D eigenvalue weighted by Gasteiger charge is 2.18. The zero-order valence-electron chi connectivity index (χ0n) is 13.8. The topological polar surface area (TPSA) is 110 Å². The van der Waals surface area contributed by atoms with Crippen LogP contribution < -0.4 is 10.6 Å². The lowest BCUT2D eigenvalue weighted by atomic mass is 10.2. The van der Waals surface area contributed by atoms with Gasteiger partial charge in [0, 0.05) is 26.2 Å². The van der Waals surface area contributed by atoms with Gasteiger partial charge < -0.3 is 19.7 Å². The van der Waals surface area contributed by atoms with E-state index in [1.165, 1.54) is 6.07 Å². The quantitative estimate of drug-likeness (QED) is 0.693. The molecule has 8 nitrogen and oxygen atoms in total. The van der Waals surface area contributed by atoms with Crippen LogP contribution in [0, 0.1) is 0 Å². The van der Waals surface area contributed by atoms with E-state index in [9.17, 15) is 14.4 Å². The first kappa shape index (κ1) is 18.5. The molecule has 8 heteroatoms. The molecular formula is C15H23N3O5. The number of nitrogens with one attached hydrogen (secondary N) is 2. The normalized spacial score (nSPS) is 11.0. The number of carboxylic acids is 1. The minimum Gasteiger partial charge on any atom is -0.481 e. The van der Waals surface area contributed by atoms with E-state index in [0.717, 1.165) is 0 Å².